The van der Waals surface area contributed by atoms with Crippen molar-refractivity contribution in [2.24, 2.45) is 0 Å². The van der Waals surface area contributed by atoms with Crippen LogP contribution in [0.25, 0.3) is 0 Å². The average molecular weight is 260 g/mol. The number of alkyl halides is 3. The molecule has 16 heavy (non-hydrogen) atoms. The van der Waals surface area contributed by atoms with Gasteiger partial charge < -0.3 is 0 Å². The van der Waals surface area contributed by atoms with Gasteiger partial charge in [-0.15, -0.1) is 0 Å². The molecule has 0 radical (unpaired) electrons. The zero-order chi connectivity index (χ0) is 12.7. The van der Waals surface area contributed by atoms with Crippen molar-refractivity contribution in [2.75, 3.05) is 13.6 Å². The van der Waals surface area contributed by atoms with Gasteiger partial charge >= 0.3 is 6.18 Å². The minimum Gasteiger partial charge on any atom is -0.246 e. The minimum absolute atomic E-state index is 0.148. The van der Waals surface area contributed by atoms with Gasteiger partial charge in [0, 0.05) is 13.6 Å². The van der Waals surface area contributed by atoms with Crippen molar-refractivity contribution >= 4 is 9.84 Å². The standard InChI is InChI=1S/C8H15F3N2O2S/c1-5(2)16(14,15)6-4-13(3)12-7(6)8(9,10)11/h5-7,12H,4H2,1-3H3. The van der Waals surface area contributed by atoms with E-state index >= 15 is 0 Å². The van der Waals surface area contributed by atoms with E-state index in [1.165, 1.54) is 25.9 Å². The molecule has 1 aliphatic heterocycles. The number of hydrazine groups is 1. The van der Waals surface area contributed by atoms with E-state index < -0.39 is 32.6 Å². The van der Waals surface area contributed by atoms with Crippen molar-refractivity contribution < 1.29 is 21.6 Å². The molecule has 1 fully saturated rings. The van der Waals surface area contributed by atoms with E-state index in [1.807, 2.05) is 0 Å². The van der Waals surface area contributed by atoms with Gasteiger partial charge in [0.25, 0.3) is 0 Å². The van der Waals surface area contributed by atoms with Crippen LogP contribution in [0, 0.1) is 0 Å². The lowest BCUT2D eigenvalue weighted by atomic mass is 10.2. The highest BCUT2D eigenvalue weighted by molar-refractivity contribution is 7.92. The molecule has 0 saturated carbocycles. The largest absolute Gasteiger partial charge is 0.406 e. The average Bonchev–Trinajstić information content (AvgIpc) is 2.46. The monoisotopic (exact) mass is 260 g/mol. The Bertz CT molecular complexity index is 353. The number of rotatable bonds is 2. The van der Waals surface area contributed by atoms with Gasteiger partial charge in [0.2, 0.25) is 0 Å². The second kappa shape index (κ2) is 4.15. The molecule has 0 spiro atoms. The van der Waals surface area contributed by atoms with E-state index in [2.05, 4.69) is 5.43 Å². The lowest BCUT2D eigenvalue weighted by molar-refractivity contribution is -0.155. The van der Waals surface area contributed by atoms with Crippen molar-refractivity contribution in [2.45, 2.75) is 36.6 Å². The normalized spacial score (nSPS) is 28.9. The highest BCUT2D eigenvalue weighted by Gasteiger charge is 2.54. The number of sulfone groups is 1. The van der Waals surface area contributed by atoms with E-state index in [1.54, 1.807) is 0 Å². The summed E-state index contributed by atoms with van der Waals surface area (Å²) in [6.07, 6.45) is -4.56. The third kappa shape index (κ3) is 2.49. The van der Waals surface area contributed by atoms with Crippen LogP contribution in [-0.4, -0.2) is 49.7 Å². The van der Waals surface area contributed by atoms with E-state index in [4.69, 9.17) is 0 Å². The molecule has 1 N–H and O–H groups in total. The maximum absolute atomic E-state index is 12.6. The Hall–Kier alpha value is -0.340. The van der Waals surface area contributed by atoms with Crippen molar-refractivity contribution in [1.29, 1.82) is 0 Å². The summed E-state index contributed by atoms with van der Waals surface area (Å²) in [7, 11) is -2.37. The molecule has 0 aromatic heterocycles. The lowest BCUT2D eigenvalue weighted by Gasteiger charge is -2.22. The number of nitrogens with zero attached hydrogens (tertiary/aromatic N) is 1. The fraction of sp³-hybridized carbons (Fsp3) is 1.00. The molecular formula is C8H15F3N2O2S. The van der Waals surface area contributed by atoms with Crippen LogP contribution >= 0.6 is 0 Å². The summed E-state index contributed by atoms with van der Waals surface area (Å²) in [5.74, 6) is 0. The van der Waals surface area contributed by atoms with Gasteiger partial charge in [-0.05, 0) is 13.8 Å². The van der Waals surface area contributed by atoms with Gasteiger partial charge in [-0.1, -0.05) is 0 Å². The van der Waals surface area contributed by atoms with Gasteiger partial charge in [-0.2, -0.15) is 13.2 Å². The summed E-state index contributed by atoms with van der Waals surface area (Å²) >= 11 is 0. The molecule has 1 saturated heterocycles. The Labute approximate surface area is 92.7 Å². The van der Waals surface area contributed by atoms with Gasteiger partial charge in [0.1, 0.15) is 11.3 Å². The maximum Gasteiger partial charge on any atom is 0.406 e. The van der Waals surface area contributed by atoms with Gasteiger partial charge in [0.15, 0.2) is 9.84 Å². The Kier molecular flexibility index (Phi) is 3.56. The van der Waals surface area contributed by atoms with Crippen molar-refractivity contribution in [3.8, 4) is 0 Å². The molecule has 0 aromatic rings. The summed E-state index contributed by atoms with van der Waals surface area (Å²) in [4.78, 5) is 0. The number of hydrogen-bond acceptors (Lipinski definition) is 4. The molecule has 8 heteroatoms. The number of hydrogen-bond donors (Lipinski definition) is 1. The number of nitrogens with one attached hydrogen (secondary N) is 1. The highest BCUT2D eigenvalue weighted by Crippen LogP contribution is 2.30. The van der Waals surface area contributed by atoms with Crippen LogP contribution in [0.1, 0.15) is 13.8 Å². The Morgan fingerprint density at radius 1 is 1.38 bits per heavy atom. The van der Waals surface area contributed by atoms with Crippen LogP contribution < -0.4 is 5.43 Å². The lowest BCUT2D eigenvalue weighted by Crippen LogP contribution is -2.49. The zero-order valence-corrected chi connectivity index (χ0v) is 10.1. The fourth-order valence-corrected chi connectivity index (χ4v) is 3.40. The van der Waals surface area contributed by atoms with Crippen molar-refractivity contribution in [3.05, 3.63) is 0 Å². The SMILES string of the molecule is CC(C)S(=O)(=O)C1CN(C)NC1C(F)(F)F. The first kappa shape index (κ1) is 13.7. The van der Waals surface area contributed by atoms with Gasteiger partial charge in [0.05, 0.1) is 5.25 Å². The molecule has 1 rings (SSSR count). The zero-order valence-electron chi connectivity index (χ0n) is 9.25. The first-order valence-electron chi connectivity index (χ1n) is 4.83. The second-order valence-corrected chi connectivity index (χ2v) is 6.93. The summed E-state index contributed by atoms with van der Waals surface area (Å²) in [6, 6.07) is -2.01. The molecule has 1 heterocycles. The quantitative estimate of drug-likeness (QED) is 0.788. The fourth-order valence-electron chi connectivity index (χ4n) is 1.68. The molecule has 0 bridgehead atoms. The molecule has 2 atom stereocenters. The smallest absolute Gasteiger partial charge is 0.246 e. The number of halogens is 3. The first-order valence-corrected chi connectivity index (χ1v) is 6.44. The Morgan fingerprint density at radius 3 is 2.25 bits per heavy atom. The van der Waals surface area contributed by atoms with Crippen LogP contribution in [0.15, 0.2) is 0 Å². The van der Waals surface area contributed by atoms with E-state index in [-0.39, 0.29) is 6.54 Å². The summed E-state index contributed by atoms with van der Waals surface area (Å²) in [5, 5.41) is -1.07. The molecule has 0 amide bonds. The van der Waals surface area contributed by atoms with Crippen molar-refractivity contribution in [1.82, 2.24) is 10.4 Å². The van der Waals surface area contributed by atoms with E-state index in [0.29, 0.717) is 0 Å². The molecule has 0 aliphatic carbocycles. The van der Waals surface area contributed by atoms with Crippen LogP contribution in [0.5, 0.6) is 0 Å². The topological polar surface area (TPSA) is 49.4 Å². The molecule has 4 nitrogen and oxygen atoms in total. The van der Waals surface area contributed by atoms with Crippen LogP contribution in [-0.2, 0) is 9.84 Å². The molecule has 96 valence electrons. The van der Waals surface area contributed by atoms with Crippen LogP contribution in [0.3, 0.4) is 0 Å². The summed E-state index contributed by atoms with van der Waals surface area (Å²) in [5.41, 5.74) is 2.13. The highest BCUT2D eigenvalue weighted by atomic mass is 32.2. The van der Waals surface area contributed by atoms with Crippen molar-refractivity contribution in [3.63, 3.8) is 0 Å². The molecule has 0 aromatic carbocycles. The van der Waals surface area contributed by atoms with E-state index in [0.717, 1.165) is 0 Å². The minimum atomic E-state index is -4.56. The third-order valence-corrected chi connectivity index (χ3v) is 5.20. The Balaban J connectivity index is 3.04. The Morgan fingerprint density at radius 2 is 1.88 bits per heavy atom. The van der Waals surface area contributed by atoms with Gasteiger partial charge in [-0.3, -0.25) is 0 Å². The third-order valence-electron chi connectivity index (χ3n) is 2.62. The maximum atomic E-state index is 12.6. The second-order valence-electron chi connectivity index (χ2n) is 4.21. The molecule has 2 unspecified atom stereocenters. The summed E-state index contributed by atoms with van der Waals surface area (Å²) in [6.45, 7) is 2.63. The molecular weight excluding hydrogens is 245 g/mol. The molecule has 1 aliphatic rings. The van der Waals surface area contributed by atoms with E-state index in [9.17, 15) is 21.6 Å². The first-order chi connectivity index (χ1) is 7.06. The summed E-state index contributed by atoms with van der Waals surface area (Å²) < 4.78 is 61.4. The van der Waals surface area contributed by atoms with Crippen LogP contribution in [0.2, 0.25) is 0 Å². The predicted molar refractivity (Wildman–Crippen MR) is 53.5 cm³/mol. The predicted octanol–water partition coefficient (Wildman–Crippen LogP) is 0.559. The van der Waals surface area contributed by atoms with Gasteiger partial charge in [-0.25, -0.2) is 18.9 Å². The van der Waals surface area contributed by atoms with Crippen LogP contribution in [0.4, 0.5) is 13.2 Å².